The summed E-state index contributed by atoms with van der Waals surface area (Å²) in [5, 5.41) is 2.79. The molecule has 2 aliphatic heterocycles. The molecule has 162 valence electrons. The highest BCUT2D eigenvalue weighted by atomic mass is 19.1. The third-order valence-corrected chi connectivity index (χ3v) is 5.02. The third kappa shape index (κ3) is 4.04. The summed E-state index contributed by atoms with van der Waals surface area (Å²) in [6, 6.07) is 9.41. The summed E-state index contributed by atoms with van der Waals surface area (Å²) in [7, 11) is 1.50. The van der Waals surface area contributed by atoms with E-state index < -0.39 is 23.9 Å². The van der Waals surface area contributed by atoms with Crippen molar-refractivity contribution in [2.75, 3.05) is 32.0 Å². The van der Waals surface area contributed by atoms with Crippen LogP contribution in [-0.4, -0.2) is 39.1 Å². The van der Waals surface area contributed by atoms with Crippen LogP contribution in [0.25, 0.3) is 0 Å². The van der Waals surface area contributed by atoms with Gasteiger partial charge in [0.1, 0.15) is 12.4 Å². The van der Waals surface area contributed by atoms with Crippen LogP contribution in [0, 0.1) is 5.82 Å². The molecule has 0 saturated heterocycles. The molecule has 0 unspecified atom stereocenters. The number of nitrogens with zero attached hydrogens (tertiary/aromatic N) is 1. The van der Waals surface area contributed by atoms with Gasteiger partial charge in [0.2, 0.25) is 6.79 Å². The number of fused-ring (bicyclic) bond motifs is 1. The number of ether oxygens (including phenoxy) is 4. The molecule has 8 nitrogen and oxygen atoms in total. The fourth-order valence-corrected chi connectivity index (χ4v) is 3.57. The van der Waals surface area contributed by atoms with Gasteiger partial charge in [0.25, 0.3) is 0 Å². The number of amides is 2. The van der Waals surface area contributed by atoms with E-state index in [0.29, 0.717) is 28.4 Å². The molecule has 2 aromatic carbocycles. The molecule has 4 rings (SSSR count). The number of benzene rings is 2. The summed E-state index contributed by atoms with van der Waals surface area (Å²) in [6.45, 7) is 2.00. The topological polar surface area (TPSA) is 86.3 Å². The number of hydrogen-bond acceptors (Lipinski definition) is 6. The number of allylic oxidation sites excluding steroid dienone is 1. The fourth-order valence-electron chi connectivity index (χ4n) is 3.57. The van der Waals surface area contributed by atoms with Crippen LogP contribution in [-0.2, 0) is 14.3 Å². The van der Waals surface area contributed by atoms with Gasteiger partial charge in [-0.3, -0.25) is 4.90 Å². The largest absolute Gasteiger partial charge is 0.460 e. The Morgan fingerprint density at radius 2 is 2.00 bits per heavy atom. The maximum absolute atomic E-state index is 13.9. The smallest absolute Gasteiger partial charge is 0.338 e. The van der Waals surface area contributed by atoms with E-state index in [1.54, 1.807) is 31.2 Å². The first kappa shape index (κ1) is 20.7. The van der Waals surface area contributed by atoms with E-state index in [2.05, 4.69) is 5.32 Å². The second kappa shape index (κ2) is 8.65. The summed E-state index contributed by atoms with van der Waals surface area (Å²) in [5.74, 6) is -0.0431. The number of esters is 1. The Labute approximate surface area is 178 Å². The number of rotatable bonds is 6. The third-order valence-electron chi connectivity index (χ3n) is 5.02. The lowest BCUT2D eigenvalue weighted by molar-refractivity contribution is -0.140. The molecule has 0 aromatic heterocycles. The van der Waals surface area contributed by atoms with Crippen LogP contribution in [0.3, 0.4) is 0 Å². The van der Waals surface area contributed by atoms with Gasteiger partial charge in [-0.05, 0) is 36.8 Å². The number of methoxy groups -OCH3 is 1. The van der Waals surface area contributed by atoms with Gasteiger partial charge in [-0.15, -0.1) is 0 Å². The number of halogens is 1. The van der Waals surface area contributed by atoms with Gasteiger partial charge in [-0.25, -0.2) is 14.0 Å². The van der Waals surface area contributed by atoms with Crippen molar-refractivity contribution in [1.29, 1.82) is 0 Å². The lowest BCUT2D eigenvalue weighted by Crippen LogP contribution is -2.48. The molecule has 2 aromatic rings. The lowest BCUT2D eigenvalue weighted by atomic mass is 9.94. The van der Waals surface area contributed by atoms with E-state index in [1.165, 1.54) is 30.2 Å². The Bertz CT molecular complexity index is 1050. The van der Waals surface area contributed by atoms with E-state index in [4.69, 9.17) is 18.9 Å². The van der Waals surface area contributed by atoms with Crippen molar-refractivity contribution in [3.05, 3.63) is 65.1 Å². The average Bonchev–Trinajstić information content (AvgIpc) is 3.21. The Balaban J connectivity index is 1.77. The molecule has 9 heteroatoms. The Hall–Kier alpha value is -3.59. The molecular weight excluding hydrogens is 407 g/mol. The maximum atomic E-state index is 13.9. The maximum Gasteiger partial charge on any atom is 0.338 e. The SMILES string of the molecule is COCCOC(=O)C1=C(C)N(c2ccc3c(c2)OCO3)C(=O)N[C@H]1c1cccc(F)c1. The standard InChI is InChI=1S/C22H21FN2O6/c1-13-19(21(26)29-9-8-28-2)20(14-4-3-5-15(23)10-14)24-22(27)25(13)16-6-7-17-18(11-16)31-12-30-17/h3-7,10-11,20H,8-9,12H2,1-2H3,(H,24,27)/t20-/m0/s1. The number of anilines is 1. The van der Waals surface area contributed by atoms with Crippen LogP contribution in [0.1, 0.15) is 18.5 Å². The van der Waals surface area contributed by atoms with Crippen LogP contribution in [0.2, 0.25) is 0 Å². The van der Waals surface area contributed by atoms with Crippen molar-refractivity contribution in [2.24, 2.45) is 0 Å². The molecule has 2 amide bonds. The highest BCUT2D eigenvalue weighted by molar-refractivity contribution is 6.03. The quantitative estimate of drug-likeness (QED) is 0.561. The predicted octanol–water partition coefficient (Wildman–Crippen LogP) is 3.29. The molecule has 2 aliphatic rings. The van der Waals surface area contributed by atoms with Crippen molar-refractivity contribution >= 4 is 17.7 Å². The van der Waals surface area contributed by atoms with Gasteiger partial charge < -0.3 is 24.3 Å². The molecule has 0 radical (unpaired) electrons. The van der Waals surface area contributed by atoms with Gasteiger partial charge >= 0.3 is 12.0 Å². The van der Waals surface area contributed by atoms with E-state index in [0.717, 1.165) is 0 Å². The van der Waals surface area contributed by atoms with Gasteiger partial charge in [0.15, 0.2) is 11.5 Å². The van der Waals surface area contributed by atoms with E-state index >= 15 is 0 Å². The van der Waals surface area contributed by atoms with E-state index in [-0.39, 0.29) is 25.6 Å². The Kier molecular flexibility index (Phi) is 5.77. The Morgan fingerprint density at radius 3 is 2.77 bits per heavy atom. The number of carbonyl (C=O) groups is 2. The van der Waals surface area contributed by atoms with Gasteiger partial charge in [0.05, 0.1) is 23.9 Å². The summed E-state index contributed by atoms with van der Waals surface area (Å²) in [4.78, 5) is 27.4. The number of carbonyl (C=O) groups excluding carboxylic acids is 2. The predicted molar refractivity (Wildman–Crippen MR) is 108 cm³/mol. The van der Waals surface area contributed by atoms with Crippen LogP contribution in [0.15, 0.2) is 53.7 Å². The average molecular weight is 428 g/mol. The van der Waals surface area contributed by atoms with E-state index in [9.17, 15) is 14.0 Å². The molecule has 0 spiro atoms. The van der Waals surface area contributed by atoms with Crippen LogP contribution in [0.5, 0.6) is 11.5 Å². The van der Waals surface area contributed by atoms with Crippen LogP contribution < -0.4 is 19.7 Å². The first-order valence-electron chi connectivity index (χ1n) is 9.62. The van der Waals surface area contributed by atoms with Crippen molar-refractivity contribution in [3.8, 4) is 11.5 Å². The van der Waals surface area contributed by atoms with Crippen molar-refractivity contribution < 1.29 is 32.9 Å². The lowest BCUT2D eigenvalue weighted by Gasteiger charge is -2.35. The van der Waals surface area contributed by atoms with Gasteiger partial charge in [-0.2, -0.15) is 0 Å². The summed E-state index contributed by atoms with van der Waals surface area (Å²) < 4.78 is 34.8. The number of urea groups is 1. The van der Waals surface area contributed by atoms with Crippen LogP contribution >= 0.6 is 0 Å². The van der Waals surface area contributed by atoms with Crippen LogP contribution in [0.4, 0.5) is 14.9 Å². The molecule has 2 heterocycles. The highest BCUT2D eigenvalue weighted by Gasteiger charge is 2.37. The summed E-state index contributed by atoms with van der Waals surface area (Å²) >= 11 is 0. The van der Waals surface area contributed by atoms with Crippen molar-refractivity contribution in [3.63, 3.8) is 0 Å². The van der Waals surface area contributed by atoms with Crippen molar-refractivity contribution in [1.82, 2.24) is 5.32 Å². The number of hydrogen-bond donors (Lipinski definition) is 1. The molecule has 0 aliphatic carbocycles. The minimum atomic E-state index is -0.872. The fraction of sp³-hybridized carbons (Fsp3) is 0.273. The molecule has 0 fully saturated rings. The molecule has 1 atom stereocenters. The van der Waals surface area contributed by atoms with E-state index in [1.807, 2.05) is 0 Å². The minimum Gasteiger partial charge on any atom is -0.460 e. The zero-order valence-corrected chi connectivity index (χ0v) is 17.0. The normalized spacial score (nSPS) is 17.6. The second-order valence-electron chi connectivity index (χ2n) is 6.94. The molecular formula is C22H21FN2O6. The first-order chi connectivity index (χ1) is 15.0. The number of nitrogens with one attached hydrogen (secondary N) is 1. The zero-order chi connectivity index (χ0) is 22.0. The van der Waals surface area contributed by atoms with Gasteiger partial charge in [0, 0.05) is 18.9 Å². The van der Waals surface area contributed by atoms with Crippen molar-refractivity contribution in [2.45, 2.75) is 13.0 Å². The Morgan fingerprint density at radius 1 is 1.19 bits per heavy atom. The molecule has 1 N–H and O–H groups in total. The summed E-state index contributed by atoms with van der Waals surface area (Å²) in [6.07, 6.45) is 0. The highest BCUT2D eigenvalue weighted by Crippen LogP contribution is 2.39. The zero-order valence-electron chi connectivity index (χ0n) is 17.0. The van der Waals surface area contributed by atoms with Gasteiger partial charge in [-0.1, -0.05) is 12.1 Å². The summed E-state index contributed by atoms with van der Waals surface area (Å²) in [5.41, 5.74) is 1.47. The molecule has 31 heavy (non-hydrogen) atoms. The second-order valence-corrected chi connectivity index (χ2v) is 6.94. The molecule has 0 saturated carbocycles. The minimum absolute atomic E-state index is 0.0416. The first-order valence-corrected chi connectivity index (χ1v) is 9.62. The monoisotopic (exact) mass is 428 g/mol. The molecule has 0 bridgehead atoms.